The average Bonchev–Trinajstić information content (AvgIpc) is 2.92. The van der Waals surface area contributed by atoms with Crippen molar-refractivity contribution < 1.29 is 14.3 Å². The maximum Gasteiger partial charge on any atom is 0.340 e. The first-order valence-corrected chi connectivity index (χ1v) is 12.8. The smallest absolute Gasteiger partial charge is 0.340 e. The van der Waals surface area contributed by atoms with Crippen molar-refractivity contribution in [2.75, 3.05) is 11.9 Å². The molecule has 1 aromatic heterocycles. The van der Waals surface area contributed by atoms with Gasteiger partial charge in [-0.25, -0.2) is 4.79 Å². The quantitative estimate of drug-likeness (QED) is 0.336. The number of amides is 1. The van der Waals surface area contributed by atoms with Crippen LogP contribution in [0.25, 0.3) is 10.9 Å². The molecule has 0 saturated carbocycles. The molecule has 0 bridgehead atoms. The van der Waals surface area contributed by atoms with Crippen LogP contribution < -0.4 is 5.32 Å². The summed E-state index contributed by atoms with van der Waals surface area (Å²) in [5.41, 5.74) is 6.09. The molecule has 1 aliphatic heterocycles. The van der Waals surface area contributed by atoms with Gasteiger partial charge in [0.1, 0.15) is 0 Å². The van der Waals surface area contributed by atoms with Crippen LogP contribution in [-0.4, -0.2) is 34.4 Å². The Labute approximate surface area is 217 Å². The van der Waals surface area contributed by atoms with Crippen LogP contribution in [0, 0.1) is 6.92 Å². The molecule has 37 heavy (non-hydrogen) atoms. The Hall–Kier alpha value is -4.03. The number of ether oxygens (including phenoxy) is 1. The van der Waals surface area contributed by atoms with Crippen molar-refractivity contribution in [3.63, 3.8) is 0 Å². The van der Waals surface area contributed by atoms with Gasteiger partial charge in [0.05, 0.1) is 11.1 Å². The Balaban J connectivity index is 1.42. The van der Waals surface area contributed by atoms with E-state index in [9.17, 15) is 9.59 Å². The Morgan fingerprint density at radius 1 is 1.00 bits per heavy atom. The van der Waals surface area contributed by atoms with Gasteiger partial charge in [-0.15, -0.1) is 0 Å². The zero-order valence-electron chi connectivity index (χ0n) is 21.2. The highest BCUT2D eigenvalue weighted by Gasteiger charge is 2.29. The molecule has 188 valence electrons. The summed E-state index contributed by atoms with van der Waals surface area (Å²) in [6.07, 6.45) is 0.216. The lowest BCUT2D eigenvalue weighted by atomic mass is 9.95. The largest absolute Gasteiger partial charge is 0.449 e. The van der Waals surface area contributed by atoms with Gasteiger partial charge < -0.3 is 10.1 Å². The van der Waals surface area contributed by atoms with Crippen LogP contribution >= 0.6 is 0 Å². The van der Waals surface area contributed by atoms with Gasteiger partial charge in [-0.3, -0.25) is 14.7 Å². The molecule has 6 heteroatoms. The van der Waals surface area contributed by atoms with Crippen LogP contribution in [0.4, 0.5) is 5.69 Å². The highest BCUT2D eigenvalue weighted by molar-refractivity contribution is 6.06. The second-order valence-corrected chi connectivity index (χ2v) is 9.53. The van der Waals surface area contributed by atoms with Gasteiger partial charge in [0.15, 0.2) is 6.10 Å². The maximum absolute atomic E-state index is 13.7. The molecular weight excluding hydrogens is 462 g/mol. The predicted molar refractivity (Wildman–Crippen MR) is 145 cm³/mol. The zero-order valence-corrected chi connectivity index (χ0v) is 21.2. The summed E-state index contributed by atoms with van der Waals surface area (Å²) < 4.78 is 5.87. The maximum atomic E-state index is 13.7. The average molecular weight is 494 g/mol. The molecule has 1 N–H and O–H groups in total. The minimum Gasteiger partial charge on any atom is -0.449 e. The number of rotatable bonds is 7. The van der Waals surface area contributed by atoms with Crippen LogP contribution in [0.2, 0.25) is 0 Å². The Morgan fingerprint density at radius 3 is 2.49 bits per heavy atom. The third kappa shape index (κ3) is 5.54. The lowest BCUT2D eigenvalue weighted by Crippen LogP contribution is -2.34. The van der Waals surface area contributed by atoms with Gasteiger partial charge in [0, 0.05) is 48.4 Å². The van der Waals surface area contributed by atoms with Crippen molar-refractivity contribution in [2.45, 2.75) is 45.9 Å². The highest BCUT2D eigenvalue weighted by Crippen LogP contribution is 2.30. The molecule has 1 unspecified atom stereocenters. The number of hydrogen-bond donors (Lipinski definition) is 1. The molecule has 0 spiro atoms. The van der Waals surface area contributed by atoms with Crippen LogP contribution in [0.5, 0.6) is 0 Å². The molecule has 1 atom stereocenters. The third-order valence-corrected chi connectivity index (χ3v) is 6.81. The number of carbonyl (C=O) groups excluding carboxylic acids is 2. The molecule has 6 nitrogen and oxygen atoms in total. The fraction of sp³-hybridized carbons (Fsp3) is 0.258. The van der Waals surface area contributed by atoms with Crippen LogP contribution in [-0.2, 0) is 29.0 Å². The molecule has 0 aliphatic carbocycles. The van der Waals surface area contributed by atoms with Crippen molar-refractivity contribution in [3.8, 4) is 0 Å². The Kier molecular flexibility index (Phi) is 7.28. The van der Waals surface area contributed by atoms with E-state index in [1.54, 1.807) is 0 Å². The molecular formula is C31H31N3O3. The highest BCUT2D eigenvalue weighted by atomic mass is 16.5. The van der Waals surface area contributed by atoms with E-state index in [0.717, 1.165) is 47.2 Å². The Morgan fingerprint density at radius 2 is 1.73 bits per heavy atom. The summed E-state index contributed by atoms with van der Waals surface area (Å²) in [5, 5.41) is 3.63. The van der Waals surface area contributed by atoms with Gasteiger partial charge in [0.2, 0.25) is 0 Å². The van der Waals surface area contributed by atoms with E-state index in [2.05, 4.69) is 22.3 Å². The minimum atomic E-state index is -0.902. The Bertz CT molecular complexity index is 1420. The van der Waals surface area contributed by atoms with Crippen molar-refractivity contribution >= 4 is 28.5 Å². The molecule has 2 heterocycles. The number of hydrogen-bond acceptors (Lipinski definition) is 5. The molecule has 3 aromatic carbocycles. The normalized spacial score (nSPS) is 14.1. The molecule has 0 radical (unpaired) electrons. The predicted octanol–water partition coefficient (Wildman–Crippen LogP) is 5.68. The van der Waals surface area contributed by atoms with E-state index in [0.29, 0.717) is 24.2 Å². The second-order valence-electron chi connectivity index (χ2n) is 9.53. The summed E-state index contributed by atoms with van der Waals surface area (Å²) in [5.74, 6) is -0.819. The second kappa shape index (κ2) is 10.9. The monoisotopic (exact) mass is 493 g/mol. The first-order chi connectivity index (χ1) is 18.0. The van der Waals surface area contributed by atoms with Crippen molar-refractivity contribution in [1.29, 1.82) is 0 Å². The number of aryl methyl sites for hydroxylation is 1. The number of nitrogens with zero attached hydrogens (tertiary/aromatic N) is 2. The van der Waals surface area contributed by atoms with E-state index in [-0.39, 0.29) is 5.91 Å². The summed E-state index contributed by atoms with van der Waals surface area (Å²) in [7, 11) is 0. The summed E-state index contributed by atoms with van der Waals surface area (Å²) in [4.78, 5) is 33.9. The number of aromatic nitrogens is 1. The minimum absolute atomic E-state index is 0.336. The third-order valence-electron chi connectivity index (χ3n) is 6.81. The number of para-hydroxylation sites is 1. The molecule has 1 aliphatic rings. The lowest BCUT2D eigenvalue weighted by molar-refractivity contribution is -0.124. The number of benzene rings is 3. The number of anilines is 1. The first kappa shape index (κ1) is 24.7. The SMILES string of the molecule is CCC(OC(=O)c1c2c(nc3ccccc13)CCN(Cc1ccccc1)C2)C(=O)Nc1ccc(C)cc1. The van der Waals surface area contributed by atoms with E-state index in [1.165, 1.54) is 5.56 Å². The van der Waals surface area contributed by atoms with Crippen molar-refractivity contribution in [3.05, 3.63) is 107 Å². The van der Waals surface area contributed by atoms with Crippen LogP contribution in [0.1, 0.15) is 46.1 Å². The topological polar surface area (TPSA) is 71.5 Å². The first-order valence-electron chi connectivity index (χ1n) is 12.8. The molecule has 5 rings (SSSR count). The van der Waals surface area contributed by atoms with Crippen LogP contribution in [0.3, 0.4) is 0 Å². The zero-order chi connectivity index (χ0) is 25.8. The number of fused-ring (bicyclic) bond motifs is 2. The van der Waals surface area contributed by atoms with E-state index >= 15 is 0 Å². The van der Waals surface area contributed by atoms with E-state index in [4.69, 9.17) is 9.72 Å². The van der Waals surface area contributed by atoms with Crippen molar-refractivity contribution in [1.82, 2.24) is 9.88 Å². The van der Waals surface area contributed by atoms with Gasteiger partial charge in [-0.05, 0) is 37.1 Å². The lowest BCUT2D eigenvalue weighted by Gasteiger charge is -2.30. The summed E-state index contributed by atoms with van der Waals surface area (Å²) in [6, 6.07) is 25.5. The molecule has 0 fully saturated rings. The summed E-state index contributed by atoms with van der Waals surface area (Å²) in [6.45, 7) is 6.08. The van der Waals surface area contributed by atoms with Gasteiger partial charge in [-0.1, -0.05) is 73.2 Å². The summed E-state index contributed by atoms with van der Waals surface area (Å²) >= 11 is 0. The number of pyridine rings is 1. The standard InChI is InChI=1S/C31H31N3O3/c1-3-28(30(35)32-23-15-13-21(2)14-16-23)37-31(36)29-24-11-7-8-12-26(24)33-27-17-18-34(20-25(27)29)19-22-9-5-4-6-10-22/h4-16,28H,3,17-20H2,1-2H3,(H,32,35). The van der Waals surface area contributed by atoms with Crippen LogP contribution in [0.15, 0.2) is 78.9 Å². The number of esters is 1. The number of carbonyl (C=O) groups is 2. The van der Waals surface area contributed by atoms with Gasteiger partial charge in [-0.2, -0.15) is 0 Å². The molecule has 0 saturated heterocycles. The molecule has 4 aromatic rings. The van der Waals surface area contributed by atoms with E-state index < -0.39 is 12.1 Å². The van der Waals surface area contributed by atoms with Crippen molar-refractivity contribution in [2.24, 2.45) is 0 Å². The van der Waals surface area contributed by atoms with Gasteiger partial charge >= 0.3 is 5.97 Å². The fourth-order valence-corrected chi connectivity index (χ4v) is 4.83. The molecule has 1 amide bonds. The number of nitrogens with one attached hydrogen (secondary N) is 1. The van der Waals surface area contributed by atoms with Gasteiger partial charge in [0.25, 0.3) is 5.91 Å². The van der Waals surface area contributed by atoms with E-state index in [1.807, 2.05) is 80.6 Å². The fourth-order valence-electron chi connectivity index (χ4n) is 4.83.